The Morgan fingerprint density at radius 1 is 1.53 bits per heavy atom. The molecule has 1 aromatic rings. The second-order valence-corrected chi connectivity index (χ2v) is 4.38. The highest BCUT2D eigenvalue weighted by Crippen LogP contribution is 2.22. The van der Waals surface area contributed by atoms with E-state index in [1.807, 2.05) is 0 Å². The lowest BCUT2D eigenvalue weighted by molar-refractivity contribution is 0.0678. The quantitative estimate of drug-likeness (QED) is 0.843. The summed E-state index contributed by atoms with van der Waals surface area (Å²) in [4.78, 5) is 0. The van der Waals surface area contributed by atoms with Crippen LogP contribution in [0, 0.1) is 5.82 Å². The van der Waals surface area contributed by atoms with Crippen molar-refractivity contribution in [1.82, 2.24) is 0 Å². The topological polar surface area (TPSA) is 18.5 Å². The molecule has 2 nitrogen and oxygen atoms in total. The summed E-state index contributed by atoms with van der Waals surface area (Å²) in [5, 5.41) is 0. The van der Waals surface area contributed by atoms with Crippen molar-refractivity contribution in [1.29, 1.82) is 0 Å². The summed E-state index contributed by atoms with van der Waals surface area (Å²) in [6.45, 7) is 1.31. The molecule has 0 aliphatic carbocycles. The summed E-state index contributed by atoms with van der Waals surface area (Å²) in [6, 6.07) is 4.75. The van der Waals surface area contributed by atoms with Crippen LogP contribution in [0.4, 0.5) is 4.39 Å². The number of halogens is 2. The van der Waals surface area contributed by atoms with Crippen LogP contribution < -0.4 is 4.74 Å². The van der Waals surface area contributed by atoms with E-state index in [-0.39, 0.29) is 11.9 Å². The van der Waals surface area contributed by atoms with E-state index in [4.69, 9.17) is 9.47 Å². The van der Waals surface area contributed by atoms with E-state index in [9.17, 15) is 4.39 Å². The number of hydrogen-bond donors (Lipinski definition) is 0. The molecule has 0 aromatic heterocycles. The van der Waals surface area contributed by atoms with Gasteiger partial charge in [-0.05, 0) is 40.9 Å². The van der Waals surface area contributed by atoms with Crippen molar-refractivity contribution >= 4 is 15.9 Å². The lowest BCUT2D eigenvalue weighted by Gasteiger charge is -2.11. The molecule has 82 valence electrons. The van der Waals surface area contributed by atoms with Gasteiger partial charge >= 0.3 is 0 Å². The van der Waals surface area contributed by atoms with E-state index >= 15 is 0 Å². The molecule has 1 aliphatic rings. The molecule has 1 fully saturated rings. The van der Waals surface area contributed by atoms with Gasteiger partial charge in [-0.3, -0.25) is 0 Å². The molecule has 1 saturated heterocycles. The Morgan fingerprint density at radius 2 is 2.40 bits per heavy atom. The van der Waals surface area contributed by atoms with Crippen LogP contribution in [0.15, 0.2) is 22.7 Å². The third kappa shape index (κ3) is 2.92. The van der Waals surface area contributed by atoms with Gasteiger partial charge in [0.15, 0.2) is 0 Å². The number of ether oxygens (including phenoxy) is 2. The molecular formula is C11H12BrFO2. The van der Waals surface area contributed by atoms with Gasteiger partial charge in [0.25, 0.3) is 0 Å². The maximum atomic E-state index is 13.1. The minimum Gasteiger partial charge on any atom is -0.491 e. The van der Waals surface area contributed by atoms with E-state index in [0.29, 0.717) is 16.8 Å². The molecule has 15 heavy (non-hydrogen) atoms. The number of hydrogen-bond acceptors (Lipinski definition) is 2. The van der Waals surface area contributed by atoms with Crippen LogP contribution in [-0.2, 0) is 4.74 Å². The Balaban J connectivity index is 1.90. The SMILES string of the molecule is Fc1cc(OCC2CCCO2)ccc1Br. The monoisotopic (exact) mass is 274 g/mol. The standard InChI is InChI=1S/C11H12BrFO2/c12-10-4-3-8(6-11(10)13)15-7-9-2-1-5-14-9/h3-4,6,9H,1-2,5,7H2. The van der Waals surface area contributed by atoms with Gasteiger partial charge in [0.1, 0.15) is 18.2 Å². The van der Waals surface area contributed by atoms with Crippen molar-refractivity contribution in [2.75, 3.05) is 13.2 Å². The van der Waals surface area contributed by atoms with E-state index < -0.39 is 0 Å². The van der Waals surface area contributed by atoms with Crippen molar-refractivity contribution in [3.63, 3.8) is 0 Å². The molecule has 0 N–H and O–H groups in total. The van der Waals surface area contributed by atoms with Crippen molar-refractivity contribution < 1.29 is 13.9 Å². The van der Waals surface area contributed by atoms with E-state index in [1.165, 1.54) is 6.07 Å². The minimum atomic E-state index is -0.306. The lowest BCUT2D eigenvalue weighted by atomic mass is 10.2. The van der Waals surface area contributed by atoms with Gasteiger partial charge in [-0.25, -0.2) is 4.39 Å². The smallest absolute Gasteiger partial charge is 0.141 e. The highest BCUT2D eigenvalue weighted by molar-refractivity contribution is 9.10. The van der Waals surface area contributed by atoms with E-state index in [0.717, 1.165) is 19.4 Å². The van der Waals surface area contributed by atoms with Gasteiger partial charge in [-0.1, -0.05) is 0 Å². The summed E-state index contributed by atoms with van der Waals surface area (Å²) in [5.74, 6) is 0.242. The Bertz CT molecular complexity index is 337. The molecule has 1 aromatic carbocycles. The third-order valence-electron chi connectivity index (χ3n) is 2.35. The van der Waals surface area contributed by atoms with Crippen LogP contribution in [0.5, 0.6) is 5.75 Å². The highest BCUT2D eigenvalue weighted by Gasteiger charge is 2.16. The van der Waals surface area contributed by atoms with Crippen LogP contribution in [0.1, 0.15) is 12.8 Å². The number of rotatable bonds is 3. The summed E-state index contributed by atoms with van der Waals surface area (Å²) < 4.78 is 24.4. The summed E-state index contributed by atoms with van der Waals surface area (Å²) in [6.07, 6.45) is 2.28. The molecule has 0 saturated carbocycles. The Hall–Kier alpha value is -0.610. The largest absolute Gasteiger partial charge is 0.491 e. The van der Waals surface area contributed by atoms with Gasteiger partial charge in [-0.2, -0.15) is 0 Å². The maximum absolute atomic E-state index is 13.1. The van der Waals surface area contributed by atoms with Gasteiger partial charge in [0, 0.05) is 12.7 Å². The molecule has 2 rings (SSSR count). The first kappa shape index (κ1) is 10.9. The van der Waals surface area contributed by atoms with E-state index in [2.05, 4.69) is 15.9 Å². The molecule has 1 heterocycles. The predicted molar refractivity (Wildman–Crippen MR) is 58.6 cm³/mol. The van der Waals surface area contributed by atoms with Crippen LogP contribution in [0.25, 0.3) is 0 Å². The molecule has 4 heteroatoms. The fourth-order valence-electron chi connectivity index (χ4n) is 1.53. The molecule has 0 spiro atoms. The van der Waals surface area contributed by atoms with Crippen molar-refractivity contribution in [2.45, 2.75) is 18.9 Å². The second kappa shape index (κ2) is 4.94. The summed E-state index contributed by atoms with van der Waals surface area (Å²) in [5.41, 5.74) is 0. The summed E-state index contributed by atoms with van der Waals surface area (Å²) in [7, 11) is 0. The first-order chi connectivity index (χ1) is 7.25. The zero-order valence-corrected chi connectivity index (χ0v) is 9.80. The summed E-state index contributed by atoms with van der Waals surface area (Å²) >= 11 is 3.09. The zero-order valence-electron chi connectivity index (χ0n) is 8.21. The fraction of sp³-hybridized carbons (Fsp3) is 0.455. The van der Waals surface area contributed by atoms with Crippen LogP contribution in [-0.4, -0.2) is 19.3 Å². The van der Waals surface area contributed by atoms with Crippen molar-refractivity contribution in [3.05, 3.63) is 28.5 Å². The lowest BCUT2D eigenvalue weighted by Crippen LogP contribution is -2.16. The molecule has 1 aliphatic heterocycles. The molecule has 0 radical (unpaired) electrons. The second-order valence-electron chi connectivity index (χ2n) is 3.52. The average molecular weight is 275 g/mol. The van der Waals surface area contributed by atoms with Crippen LogP contribution in [0.3, 0.4) is 0 Å². The average Bonchev–Trinajstić information content (AvgIpc) is 2.73. The molecule has 1 unspecified atom stereocenters. The first-order valence-corrected chi connectivity index (χ1v) is 5.74. The van der Waals surface area contributed by atoms with Crippen LogP contribution >= 0.6 is 15.9 Å². The van der Waals surface area contributed by atoms with Crippen molar-refractivity contribution in [2.24, 2.45) is 0 Å². The van der Waals surface area contributed by atoms with Gasteiger partial charge in [0.2, 0.25) is 0 Å². The molecule has 1 atom stereocenters. The van der Waals surface area contributed by atoms with Crippen LogP contribution in [0.2, 0.25) is 0 Å². The predicted octanol–water partition coefficient (Wildman–Crippen LogP) is 3.15. The zero-order chi connectivity index (χ0) is 10.7. The Morgan fingerprint density at radius 3 is 3.07 bits per heavy atom. The number of benzene rings is 1. The highest BCUT2D eigenvalue weighted by atomic mass is 79.9. The normalized spacial score (nSPS) is 20.5. The van der Waals surface area contributed by atoms with E-state index in [1.54, 1.807) is 12.1 Å². The van der Waals surface area contributed by atoms with Gasteiger partial charge in [0.05, 0.1) is 10.6 Å². The Labute approximate surface area is 96.5 Å². The molecule has 0 amide bonds. The minimum absolute atomic E-state index is 0.164. The Kier molecular flexibility index (Phi) is 3.59. The maximum Gasteiger partial charge on any atom is 0.141 e. The first-order valence-electron chi connectivity index (χ1n) is 4.95. The molecule has 0 bridgehead atoms. The van der Waals surface area contributed by atoms with Crippen molar-refractivity contribution in [3.8, 4) is 5.75 Å². The fourth-order valence-corrected chi connectivity index (χ4v) is 1.78. The van der Waals surface area contributed by atoms with Gasteiger partial charge < -0.3 is 9.47 Å². The van der Waals surface area contributed by atoms with Gasteiger partial charge in [-0.15, -0.1) is 0 Å². The third-order valence-corrected chi connectivity index (χ3v) is 2.99. The molecular weight excluding hydrogens is 263 g/mol.